The molecule has 0 amide bonds. The van der Waals surface area contributed by atoms with Crippen LogP contribution in [0.2, 0.25) is 0 Å². The molecule has 0 saturated heterocycles. The highest BCUT2D eigenvalue weighted by molar-refractivity contribution is 5.64. The fourth-order valence-electron chi connectivity index (χ4n) is 1.53. The van der Waals surface area contributed by atoms with Gasteiger partial charge in [0, 0.05) is 6.08 Å². The van der Waals surface area contributed by atoms with Gasteiger partial charge in [0.1, 0.15) is 18.1 Å². The first-order valence-electron chi connectivity index (χ1n) is 4.72. The van der Waals surface area contributed by atoms with Gasteiger partial charge in [-0.3, -0.25) is 4.79 Å². The number of allylic oxidation sites excluding steroid dienone is 1. The van der Waals surface area contributed by atoms with Crippen molar-refractivity contribution in [2.75, 3.05) is 0 Å². The predicted octanol–water partition coefficient (Wildman–Crippen LogP) is 2.86. The van der Waals surface area contributed by atoms with Gasteiger partial charge in [-0.1, -0.05) is 20.8 Å². The highest BCUT2D eigenvalue weighted by Gasteiger charge is 2.27. The average Bonchev–Trinajstić information content (AvgIpc) is 1.93. The van der Waals surface area contributed by atoms with E-state index in [-0.39, 0.29) is 11.0 Å². The molecule has 0 aliphatic carbocycles. The van der Waals surface area contributed by atoms with Gasteiger partial charge in [-0.05, 0) is 25.7 Å². The van der Waals surface area contributed by atoms with Gasteiger partial charge in [0.15, 0.2) is 0 Å². The van der Waals surface area contributed by atoms with Crippen LogP contribution in [-0.2, 0) is 14.6 Å². The maximum Gasteiger partial charge on any atom is 0.146 e. The van der Waals surface area contributed by atoms with Crippen molar-refractivity contribution >= 4 is 6.29 Å². The van der Waals surface area contributed by atoms with Gasteiger partial charge in [-0.15, -0.1) is 0 Å². The fourth-order valence-corrected chi connectivity index (χ4v) is 1.53. The molecule has 0 spiro atoms. The molecule has 0 atom stereocenters. The lowest BCUT2D eigenvalue weighted by Crippen LogP contribution is -2.29. The van der Waals surface area contributed by atoms with Crippen molar-refractivity contribution < 1.29 is 14.6 Å². The van der Waals surface area contributed by atoms with E-state index >= 15 is 0 Å². The molecule has 0 aliphatic rings. The first-order valence-corrected chi connectivity index (χ1v) is 4.72. The quantitative estimate of drug-likeness (QED) is 0.225. The molecule has 3 heteroatoms. The topological polar surface area (TPSA) is 35.5 Å². The number of hydrogen-bond acceptors (Lipinski definition) is 3. The summed E-state index contributed by atoms with van der Waals surface area (Å²) < 4.78 is 0. The van der Waals surface area contributed by atoms with Crippen LogP contribution in [0.1, 0.15) is 41.0 Å². The maximum atomic E-state index is 9.94. The summed E-state index contributed by atoms with van der Waals surface area (Å²) in [4.78, 5) is 19.9. The summed E-state index contributed by atoms with van der Waals surface area (Å²) in [5.41, 5.74) is -0.174. The van der Waals surface area contributed by atoms with Crippen molar-refractivity contribution in [3.63, 3.8) is 0 Å². The minimum atomic E-state index is -0.356. The zero-order valence-corrected chi connectivity index (χ0v) is 9.66. The van der Waals surface area contributed by atoms with Crippen molar-refractivity contribution in [2.24, 2.45) is 5.41 Å². The van der Waals surface area contributed by atoms with Crippen LogP contribution in [0.5, 0.6) is 0 Å². The van der Waals surface area contributed by atoms with E-state index in [0.717, 1.165) is 6.42 Å². The van der Waals surface area contributed by atoms with Crippen molar-refractivity contribution in [2.45, 2.75) is 46.6 Å². The van der Waals surface area contributed by atoms with Crippen molar-refractivity contribution in [3.8, 4) is 0 Å². The van der Waals surface area contributed by atoms with Gasteiger partial charge in [-0.25, -0.2) is 0 Å². The van der Waals surface area contributed by atoms with E-state index in [4.69, 9.17) is 9.78 Å². The Morgan fingerprint density at radius 1 is 1.14 bits per heavy atom. The zero-order chi connectivity index (χ0) is 11.2. The Morgan fingerprint density at radius 3 is 2.14 bits per heavy atom. The third-order valence-electron chi connectivity index (χ3n) is 1.44. The molecule has 0 rings (SSSR count). The van der Waals surface area contributed by atoms with Crippen molar-refractivity contribution in [3.05, 3.63) is 12.3 Å². The van der Waals surface area contributed by atoms with E-state index in [1.807, 2.05) is 13.8 Å². The monoisotopic (exact) mass is 200 g/mol. The molecule has 0 aliphatic heterocycles. The van der Waals surface area contributed by atoms with E-state index in [2.05, 4.69) is 20.8 Å². The molecule has 0 aromatic heterocycles. The average molecular weight is 200 g/mol. The zero-order valence-electron chi connectivity index (χ0n) is 9.66. The summed E-state index contributed by atoms with van der Waals surface area (Å²) in [6.07, 6.45) is 3.99. The molecule has 0 aromatic carbocycles. The number of hydrogen-bond donors (Lipinski definition) is 0. The van der Waals surface area contributed by atoms with E-state index in [1.165, 1.54) is 12.3 Å². The summed E-state index contributed by atoms with van der Waals surface area (Å²) in [6.45, 7) is 10.3. The number of rotatable bonds is 5. The molecule has 0 saturated carbocycles. The molecular weight excluding hydrogens is 180 g/mol. The third-order valence-corrected chi connectivity index (χ3v) is 1.44. The summed E-state index contributed by atoms with van der Waals surface area (Å²) >= 11 is 0. The van der Waals surface area contributed by atoms with Crippen LogP contribution in [0.4, 0.5) is 0 Å². The molecule has 0 fully saturated rings. The fraction of sp³-hybridized carbons (Fsp3) is 0.727. The van der Waals surface area contributed by atoms with Gasteiger partial charge in [0.2, 0.25) is 0 Å². The van der Waals surface area contributed by atoms with Gasteiger partial charge >= 0.3 is 0 Å². The minimum Gasteiger partial charge on any atom is -0.345 e. The molecule has 0 bridgehead atoms. The van der Waals surface area contributed by atoms with Gasteiger partial charge in [0.05, 0.1) is 0 Å². The Kier molecular flexibility index (Phi) is 4.85. The standard InChI is InChI=1S/C11H20O3/c1-10(2,3)9-11(4,5)14-13-8-6-7-12/h6-8H,9H2,1-5H3. The Bertz CT molecular complexity index is 199. The number of aldehydes is 1. The molecule has 82 valence electrons. The predicted molar refractivity (Wildman–Crippen MR) is 55.5 cm³/mol. The summed E-state index contributed by atoms with van der Waals surface area (Å²) in [6, 6.07) is 0. The molecule has 0 radical (unpaired) electrons. The van der Waals surface area contributed by atoms with Crippen LogP contribution in [0.15, 0.2) is 12.3 Å². The van der Waals surface area contributed by atoms with Crippen LogP contribution < -0.4 is 0 Å². The first kappa shape index (κ1) is 13.2. The minimum absolute atomic E-state index is 0.182. The molecule has 0 unspecified atom stereocenters. The van der Waals surface area contributed by atoms with Crippen molar-refractivity contribution in [1.82, 2.24) is 0 Å². The third kappa shape index (κ3) is 7.80. The molecule has 0 aromatic rings. The lowest BCUT2D eigenvalue weighted by Gasteiger charge is -2.30. The Morgan fingerprint density at radius 2 is 1.71 bits per heavy atom. The van der Waals surface area contributed by atoms with Crippen LogP contribution in [-0.4, -0.2) is 11.9 Å². The second-order valence-electron chi connectivity index (χ2n) is 5.14. The summed E-state index contributed by atoms with van der Waals surface area (Å²) in [5.74, 6) is 0. The summed E-state index contributed by atoms with van der Waals surface area (Å²) in [5, 5.41) is 0. The Hall–Kier alpha value is -0.830. The van der Waals surface area contributed by atoms with E-state index < -0.39 is 0 Å². The molecular formula is C11H20O3. The maximum absolute atomic E-state index is 9.94. The van der Waals surface area contributed by atoms with E-state index in [0.29, 0.717) is 6.29 Å². The molecule has 14 heavy (non-hydrogen) atoms. The van der Waals surface area contributed by atoms with Gasteiger partial charge in [0.25, 0.3) is 0 Å². The van der Waals surface area contributed by atoms with Gasteiger partial charge in [-0.2, -0.15) is 4.89 Å². The smallest absolute Gasteiger partial charge is 0.146 e. The van der Waals surface area contributed by atoms with E-state index in [9.17, 15) is 4.79 Å². The number of carbonyl (C=O) groups excluding carboxylic acids is 1. The van der Waals surface area contributed by atoms with Crippen molar-refractivity contribution in [1.29, 1.82) is 0 Å². The highest BCUT2D eigenvalue weighted by Crippen LogP contribution is 2.29. The second-order valence-corrected chi connectivity index (χ2v) is 5.14. The normalized spacial score (nSPS) is 13.2. The number of carbonyl (C=O) groups is 1. The lowest BCUT2D eigenvalue weighted by atomic mass is 9.84. The molecule has 3 nitrogen and oxygen atoms in total. The van der Waals surface area contributed by atoms with E-state index in [1.54, 1.807) is 0 Å². The second kappa shape index (κ2) is 5.15. The van der Waals surface area contributed by atoms with Crippen LogP contribution in [0.3, 0.4) is 0 Å². The first-order chi connectivity index (χ1) is 6.27. The Labute approximate surface area is 86.0 Å². The van der Waals surface area contributed by atoms with Crippen LogP contribution >= 0.6 is 0 Å². The largest absolute Gasteiger partial charge is 0.345 e. The summed E-state index contributed by atoms with van der Waals surface area (Å²) in [7, 11) is 0. The highest BCUT2D eigenvalue weighted by atomic mass is 17.2. The lowest BCUT2D eigenvalue weighted by molar-refractivity contribution is -0.321. The Balaban J connectivity index is 3.95. The molecule has 0 N–H and O–H groups in total. The van der Waals surface area contributed by atoms with Crippen LogP contribution in [0.25, 0.3) is 0 Å². The van der Waals surface area contributed by atoms with Crippen LogP contribution in [0, 0.1) is 5.41 Å². The van der Waals surface area contributed by atoms with Gasteiger partial charge < -0.3 is 4.89 Å². The molecule has 0 heterocycles. The SMILES string of the molecule is CC(C)(C)CC(C)(C)OOC=CC=O.